The van der Waals surface area contributed by atoms with E-state index in [4.69, 9.17) is 5.11 Å². The predicted octanol–water partition coefficient (Wildman–Crippen LogP) is 2.22. The number of aliphatic carboxylic acids is 1. The Morgan fingerprint density at radius 1 is 1.50 bits per heavy atom. The summed E-state index contributed by atoms with van der Waals surface area (Å²) in [6.07, 6.45) is 4.97. The summed E-state index contributed by atoms with van der Waals surface area (Å²) in [6, 6.07) is 0. The predicted molar refractivity (Wildman–Crippen MR) is 79.0 cm³/mol. The number of aryl methyl sites for hydroxylation is 3. The number of carboxylic acid groups (broad SMARTS) is 1. The van der Waals surface area contributed by atoms with Crippen molar-refractivity contribution in [2.45, 2.75) is 32.0 Å². The molecule has 0 saturated carbocycles. The largest absolute Gasteiger partial charge is 0.481 e. The highest BCUT2D eigenvalue weighted by atomic mass is 32.2. The SMILES string of the molecule is C/C=C/CCn1c(SCC(=O)O)nc2c(C)nn(C)c21. The lowest BCUT2D eigenvalue weighted by Crippen LogP contribution is -2.06. The third kappa shape index (κ3) is 2.87. The maximum absolute atomic E-state index is 10.7. The molecule has 2 rings (SSSR count). The second-order valence-corrected chi connectivity index (χ2v) is 5.41. The van der Waals surface area contributed by atoms with Crippen LogP contribution in [0.25, 0.3) is 11.2 Å². The van der Waals surface area contributed by atoms with Crippen LogP contribution < -0.4 is 0 Å². The van der Waals surface area contributed by atoms with Crippen molar-refractivity contribution in [2.75, 3.05) is 5.75 Å². The zero-order chi connectivity index (χ0) is 14.7. The van der Waals surface area contributed by atoms with Gasteiger partial charge in [0.25, 0.3) is 0 Å². The molecule has 6 nitrogen and oxygen atoms in total. The summed E-state index contributed by atoms with van der Waals surface area (Å²) in [5, 5.41) is 13.9. The van der Waals surface area contributed by atoms with Gasteiger partial charge in [-0.2, -0.15) is 5.10 Å². The van der Waals surface area contributed by atoms with Crippen molar-refractivity contribution >= 4 is 28.9 Å². The van der Waals surface area contributed by atoms with Crippen molar-refractivity contribution in [3.8, 4) is 0 Å². The standard InChI is InChI=1S/C13H18N4O2S/c1-4-5-6-7-17-12-11(9(2)15-16(12)3)14-13(17)20-8-10(18)19/h4-5H,6-8H2,1-3H3,(H,18,19)/b5-4+. The molecule has 2 aromatic rings. The Bertz CT molecular complexity index is 657. The maximum atomic E-state index is 10.7. The van der Waals surface area contributed by atoms with Crippen LogP contribution in [0, 0.1) is 6.92 Å². The van der Waals surface area contributed by atoms with Gasteiger partial charge in [0.2, 0.25) is 0 Å². The van der Waals surface area contributed by atoms with E-state index in [0.717, 1.165) is 35.0 Å². The topological polar surface area (TPSA) is 72.9 Å². The molecule has 0 aliphatic rings. The number of fused-ring (bicyclic) bond motifs is 1. The van der Waals surface area contributed by atoms with E-state index in [1.165, 1.54) is 11.8 Å². The van der Waals surface area contributed by atoms with Crippen molar-refractivity contribution in [2.24, 2.45) is 7.05 Å². The molecule has 0 amide bonds. The van der Waals surface area contributed by atoms with Crippen molar-refractivity contribution in [3.63, 3.8) is 0 Å². The van der Waals surface area contributed by atoms with Crippen LogP contribution in [0.5, 0.6) is 0 Å². The quantitative estimate of drug-likeness (QED) is 0.653. The van der Waals surface area contributed by atoms with Gasteiger partial charge in [0, 0.05) is 13.6 Å². The number of imidazole rings is 1. The van der Waals surface area contributed by atoms with E-state index in [1.54, 1.807) is 4.68 Å². The van der Waals surface area contributed by atoms with Crippen LogP contribution in [0.2, 0.25) is 0 Å². The van der Waals surface area contributed by atoms with E-state index in [2.05, 4.69) is 16.2 Å². The zero-order valence-corrected chi connectivity index (χ0v) is 12.6. The summed E-state index contributed by atoms with van der Waals surface area (Å²) in [5.41, 5.74) is 2.66. The molecule has 0 radical (unpaired) electrons. The van der Waals surface area contributed by atoms with Crippen LogP contribution in [-0.2, 0) is 18.4 Å². The van der Waals surface area contributed by atoms with E-state index in [0.29, 0.717) is 0 Å². The molecule has 0 aliphatic carbocycles. The third-order valence-electron chi connectivity index (χ3n) is 2.93. The van der Waals surface area contributed by atoms with Gasteiger partial charge >= 0.3 is 5.97 Å². The average molecular weight is 294 g/mol. The first-order valence-corrected chi connectivity index (χ1v) is 7.38. The van der Waals surface area contributed by atoms with Gasteiger partial charge in [-0.3, -0.25) is 9.48 Å². The van der Waals surface area contributed by atoms with Gasteiger partial charge in [-0.05, 0) is 20.3 Å². The van der Waals surface area contributed by atoms with Gasteiger partial charge in [-0.15, -0.1) is 0 Å². The van der Waals surface area contributed by atoms with Crippen LogP contribution in [-0.4, -0.2) is 36.2 Å². The second kappa shape index (κ2) is 6.13. The van der Waals surface area contributed by atoms with Crippen molar-refractivity contribution < 1.29 is 9.90 Å². The highest BCUT2D eigenvalue weighted by Gasteiger charge is 2.17. The fourth-order valence-corrected chi connectivity index (χ4v) is 2.87. The second-order valence-electron chi connectivity index (χ2n) is 4.47. The normalized spacial score (nSPS) is 11.8. The minimum Gasteiger partial charge on any atom is -0.481 e. The van der Waals surface area contributed by atoms with Crippen LogP contribution in [0.1, 0.15) is 19.0 Å². The van der Waals surface area contributed by atoms with E-state index in [1.807, 2.05) is 31.5 Å². The Kier molecular flexibility index (Phi) is 4.49. The number of rotatable bonds is 6. The fraction of sp³-hybridized carbons (Fsp3) is 0.462. The van der Waals surface area contributed by atoms with Crippen LogP contribution in [0.4, 0.5) is 0 Å². The Morgan fingerprint density at radius 2 is 2.25 bits per heavy atom. The van der Waals surface area contributed by atoms with E-state index in [9.17, 15) is 4.79 Å². The third-order valence-corrected chi connectivity index (χ3v) is 3.90. The van der Waals surface area contributed by atoms with Gasteiger partial charge in [0.1, 0.15) is 5.52 Å². The Balaban J connectivity index is 2.40. The highest BCUT2D eigenvalue weighted by Crippen LogP contribution is 2.26. The average Bonchev–Trinajstić information content (AvgIpc) is 2.87. The summed E-state index contributed by atoms with van der Waals surface area (Å²) in [4.78, 5) is 15.3. The Morgan fingerprint density at radius 3 is 2.90 bits per heavy atom. The number of thioether (sulfide) groups is 1. The number of aromatic nitrogens is 4. The fourth-order valence-electron chi connectivity index (χ4n) is 2.12. The molecule has 0 atom stereocenters. The number of hydrogen-bond donors (Lipinski definition) is 1. The van der Waals surface area contributed by atoms with Gasteiger partial charge < -0.3 is 9.67 Å². The van der Waals surface area contributed by atoms with Gasteiger partial charge in [0.15, 0.2) is 10.8 Å². The monoisotopic (exact) mass is 294 g/mol. The first-order chi connectivity index (χ1) is 9.54. The molecule has 7 heteroatoms. The van der Waals surface area contributed by atoms with Gasteiger partial charge in [-0.25, -0.2) is 4.98 Å². The lowest BCUT2D eigenvalue weighted by Gasteiger charge is -2.07. The summed E-state index contributed by atoms with van der Waals surface area (Å²) >= 11 is 1.25. The van der Waals surface area contributed by atoms with Gasteiger partial charge in [-0.1, -0.05) is 23.9 Å². The first-order valence-electron chi connectivity index (χ1n) is 6.40. The smallest absolute Gasteiger partial charge is 0.313 e. The molecule has 0 bridgehead atoms. The van der Waals surface area contributed by atoms with E-state index < -0.39 is 5.97 Å². The summed E-state index contributed by atoms with van der Waals surface area (Å²) in [7, 11) is 1.88. The van der Waals surface area contributed by atoms with E-state index in [-0.39, 0.29) is 5.75 Å². The van der Waals surface area contributed by atoms with Crippen molar-refractivity contribution in [1.82, 2.24) is 19.3 Å². The van der Waals surface area contributed by atoms with Crippen molar-refractivity contribution in [1.29, 1.82) is 0 Å². The lowest BCUT2D eigenvalue weighted by atomic mass is 10.4. The van der Waals surface area contributed by atoms with E-state index >= 15 is 0 Å². The summed E-state index contributed by atoms with van der Waals surface area (Å²) in [6.45, 7) is 4.66. The molecule has 0 aliphatic heterocycles. The first kappa shape index (κ1) is 14.6. The number of allylic oxidation sites excluding steroid dienone is 2. The molecule has 0 saturated heterocycles. The molecular formula is C13H18N4O2S. The van der Waals surface area contributed by atoms with Crippen LogP contribution >= 0.6 is 11.8 Å². The summed E-state index contributed by atoms with van der Waals surface area (Å²) < 4.78 is 3.85. The molecule has 108 valence electrons. The van der Waals surface area contributed by atoms with Gasteiger partial charge in [0.05, 0.1) is 11.4 Å². The minimum atomic E-state index is -0.836. The zero-order valence-electron chi connectivity index (χ0n) is 11.8. The molecule has 0 spiro atoms. The highest BCUT2D eigenvalue weighted by molar-refractivity contribution is 7.99. The maximum Gasteiger partial charge on any atom is 0.313 e. The number of carboxylic acids is 1. The molecule has 0 unspecified atom stereocenters. The molecule has 0 fully saturated rings. The molecule has 1 N–H and O–H groups in total. The molecule has 20 heavy (non-hydrogen) atoms. The molecule has 0 aromatic carbocycles. The Hall–Kier alpha value is -1.76. The number of hydrogen-bond acceptors (Lipinski definition) is 4. The lowest BCUT2D eigenvalue weighted by molar-refractivity contribution is -0.133. The van der Waals surface area contributed by atoms with Crippen LogP contribution in [0.15, 0.2) is 17.3 Å². The van der Waals surface area contributed by atoms with Crippen LogP contribution in [0.3, 0.4) is 0 Å². The molecular weight excluding hydrogens is 276 g/mol. The van der Waals surface area contributed by atoms with Crippen molar-refractivity contribution in [3.05, 3.63) is 17.8 Å². The summed E-state index contributed by atoms with van der Waals surface area (Å²) in [5.74, 6) is -0.823. The number of nitrogens with zero attached hydrogens (tertiary/aromatic N) is 4. The minimum absolute atomic E-state index is 0.0133. The molecule has 2 aromatic heterocycles. The number of carbonyl (C=O) groups is 1. The molecule has 2 heterocycles. The Labute approximate surface area is 121 Å².